The molecular weight excluding hydrogens is 593 g/mol. The average molecular weight is 630 g/mol. The summed E-state index contributed by atoms with van der Waals surface area (Å²) in [6.07, 6.45) is -6.83. The molecule has 0 bridgehead atoms. The van der Waals surface area contributed by atoms with E-state index in [1.54, 1.807) is 47.4 Å². The van der Waals surface area contributed by atoms with Crippen molar-refractivity contribution >= 4 is 11.6 Å². The van der Waals surface area contributed by atoms with Gasteiger partial charge in [-0.3, -0.25) is 4.79 Å². The van der Waals surface area contributed by atoms with E-state index in [-0.39, 0.29) is 11.7 Å². The zero-order valence-corrected chi connectivity index (χ0v) is 24.8. The van der Waals surface area contributed by atoms with Gasteiger partial charge in [-0.05, 0) is 65.4 Å². The van der Waals surface area contributed by atoms with Gasteiger partial charge in [-0.25, -0.2) is 4.39 Å². The number of hydrogen-bond donors (Lipinski definition) is 6. The maximum atomic E-state index is 13.7. The molecule has 0 radical (unpaired) electrons. The Bertz CT molecular complexity index is 1670. The van der Waals surface area contributed by atoms with Crippen molar-refractivity contribution in [1.82, 2.24) is 0 Å². The topological polar surface area (TPSA) is 151 Å². The number of amides is 1. The molecule has 4 aromatic rings. The maximum Gasteiger partial charge on any atom is 0.233 e. The molecule has 0 unspecified atom stereocenters. The van der Waals surface area contributed by atoms with E-state index in [4.69, 9.17) is 4.74 Å². The van der Waals surface area contributed by atoms with Crippen molar-refractivity contribution in [3.8, 4) is 16.9 Å². The quantitative estimate of drug-likeness (QED) is 0.153. The molecule has 2 aliphatic rings. The van der Waals surface area contributed by atoms with Crippen LogP contribution in [0.25, 0.3) is 11.1 Å². The first-order chi connectivity index (χ1) is 22.2. The summed E-state index contributed by atoms with van der Waals surface area (Å²) in [7, 11) is 0. The average Bonchev–Trinajstić information content (AvgIpc) is 3.07. The van der Waals surface area contributed by atoms with Gasteiger partial charge in [-0.15, -0.1) is 0 Å². The molecule has 6 rings (SSSR count). The number of phenolic OH excluding ortho intramolecular Hbond substituents is 1. The highest BCUT2D eigenvalue weighted by Crippen LogP contribution is 2.48. The summed E-state index contributed by atoms with van der Waals surface area (Å²) in [5, 5.41) is 63.3. The number of benzene rings is 4. The van der Waals surface area contributed by atoms with Crippen LogP contribution in [0, 0.1) is 11.7 Å². The van der Waals surface area contributed by atoms with Crippen LogP contribution in [-0.2, 0) is 9.53 Å². The predicted octanol–water partition coefficient (Wildman–Crippen LogP) is 3.93. The molecular formula is C36H36FNO8. The van der Waals surface area contributed by atoms with Gasteiger partial charge >= 0.3 is 0 Å². The van der Waals surface area contributed by atoms with Crippen LogP contribution >= 0.6 is 0 Å². The van der Waals surface area contributed by atoms with Crippen LogP contribution in [0.1, 0.15) is 47.8 Å². The number of carbonyl (C=O) groups is 1. The van der Waals surface area contributed by atoms with Gasteiger partial charge < -0.3 is 40.3 Å². The Hall–Kier alpha value is -4.16. The number of phenols is 1. The second-order valence-corrected chi connectivity index (χ2v) is 11.9. The minimum Gasteiger partial charge on any atom is -0.507 e. The first kappa shape index (κ1) is 31.8. The minimum absolute atomic E-state index is 0.115. The highest BCUT2D eigenvalue weighted by Gasteiger charge is 2.49. The van der Waals surface area contributed by atoms with Crippen molar-refractivity contribution < 1.29 is 44.6 Å². The van der Waals surface area contributed by atoms with E-state index < -0.39 is 61.0 Å². The summed E-state index contributed by atoms with van der Waals surface area (Å²) in [5.41, 5.74) is 3.22. The molecule has 9 nitrogen and oxygen atoms in total. The standard InChI is InChI=1S/C36H36FNO8/c37-22-11-13-23(14-12-22)38-31(27(36(38)45)16-17-28(40)20-6-2-1-3-7-20)21-10-15-25(29(41)18-21)24-8-4-5-9-26(24)35-34(44)33(43)32(42)30(19-39)46-35/h1-15,18,27-28,30-35,39-44H,16-17,19H2/t27-,28+,30-,31-,32-,33+,34-,35+/m1/s1. The van der Waals surface area contributed by atoms with Crippen molar-refractivity contribution in [3.05, 3.63) is 120 Å². The van der Waals surface area contributed by atoms with Gasteiger partial charge in [-0.1, -0.05) is 66.7 Å². The van der Waals surface area contributed by atoms with Gasteiger partial charge in [-0.2, -0.15) is 0 Å². The van der Waals surface area contributed by atoms with Crippen molar-refractivity contribution in [2.75, 3.05) is 11.5 Å². The molecule has 240 valence electrons. The molecule has 2 saturated heterocycles. The third-order valence-electron chi connectivity index (χ3n) is 9.07. The number of hydrogen-bond acceptors (Lipinski definition) is 8. The molecule has 1 amide bonds. The highest BCUT2D eigenvalue weighted by atomic mass is 19.1. The monoisotopic (exact) mass is 629 g/mol. The molecule has 0 saturated carbocycles. The summed E-state index contributed by atoms with van der Waals surface area (Å²) >= 11 is 0. The summed E-state index contributed by atoms with van der Waals surface area (Å²) in [4.78, 5) is 15.1. The largest absolute Gasteiger partial charge is 0.507 e. The minimum atomic E-state index is -1.56. The fraction of sp³-hybridized carbons (Fsp3) is 0.306. The van der Waals surface area contributed by atoms with E-state index in [1.165, 1.54) is 24.3 Å². The zero-order valence-electron chi connectivity index (χ0n) is 24.8. The number of nitrogens with zero attached hydrogens (tertiary/aromatic N) is 1. The first-order valence-corrected chi connectivity index (χ1v) is 15.2. The summed E-state index contributed by atoms with van der Waals surface area (Å²) < 4.78 is 19.5. The van der Waals surface area contributed by atoms with E-state index in [1.807, 2.05) is 30.3 Å². The highest BCUT2D eigenvalue weighted by molar-refractivity contribution is 6.03. The SMILES string of the molecule is O=C1[C@H](CC[C@H](O)c2ccccc2)[C@@H](c2ccc(-c3ccccc3[C@@H]3O[C@H](CO)[C@@H](O)[C@H](O)[C@H]3O)c(O)c2)N1c1ccc(F)cc1. The van der Waals surface area contributed by atoms with E-state index in [2.05, 4.69) is 0 Å². The van der Waals surface area contributed by atoms with Crippen LogP contribution in [0.4, 0.5) is 10.1 Å². The van der Waals surface area contributed by atoms with Crippen LogP contribution in [0.2, 0.25) is 0 Å². The van der Waals surface area contributed by atoms with Crippen LogP contribution < -0.4 is 4.90 Å². The van der Waals surface area contributed by atoms with Gasteiger partial charge in [0.15, 0.2) is 0 Å². The van der Waals surface area contributed by atoms with Crippen LogP contribution in [-0.4, -0.2) is 67.6 Å². The lowest BCUT2D eigenvalue weighted by atomic mass is 9.77. The molecule has 4 aromatic carbocycles. The van der Waals surface area contributed by atoms with Crippen molar-refractivity contribution in [2.45, 2.75) is 55.5 Å². The third-order valence-corrected chi connectivity index (χ3v) is 9.07. The van der Waals surface area contributed by atoms with Crippen molar-refractivity contribution in [3.63, 3.8) is 0 Å². The number of anilines is 1. The molecule has 10 heteroatoms. The summed E-state index contributed by atoms with van der Waals surface area (Å²) in [6.45, 7) is -0.572. The lowest BCUT2D eigenvalue weighted by Crippen LogP contribution is -2.55. The Morgan fingerprint density at radius 2 is 1.52 bits per heavy atom. The second kappa shape index (κ2) is 13.3. The van der Waals surface area contributed by atoms with Crippen LogP contribution in [0.3, 0.4) is 0 Å². The molecule has 2 fully saturated rings. The summed E-state index contributed by atoms with van der Waals surface area (Å²) in [6, 6.07) is 26.2. The number of ether oxygens (including phenoxy) is 1. The number of halogens is 1. The molecule has 46 heavy (non-hydrogen) atoms. The number of aliphatic hydroxyl groups is 5. The van der Waals surface area contributed by atoms with E-state index >= 15 is 0 Å². The van der Waals surface area contributed by atoms with Crippen molar-refractivity contribution in [1.29, 1.82) is 0 Å². The molecule has 0 spiro atoms. The predicted molar refractivity (Wildman–Crippen MR) is 167 cm³/mol. The molecule has 2 aliphatic heterocycles. The Labute approximate surface area is 265 Å². The normalized spacial score (nSPS) is 26.9. The number of aliphatic hydroxyl groups excluding tert-OH is 5. The Kier molecular flexibility index (Phi) is 9.19. The number of rotatable bonds is 9. The second-order valence-electron chi connectivity index (χ2n) is 11.9. The lowest BCUT2D eigenvalue weighted by molar-refractivity contribution is -0.231. The summed E-state index contributed by atoms with van der Waals surface area (Å²) in [5.74, 6) is -1.23. The molecule has 0 aliphatic carbocycles. The number of aromatic hydroxyl groups is 1. The van der Waals surface area contributed by atoms with E-state index in [9.17, 15) is 39.8 Å². The number of carbonyl (C=O) groups excluding carboxylic acids is 1. The molecule has 8 atom stereocenters. The van der Waals surface area contributed by atoms with E-state index in [0.29, 0.717) is 40.8 Å². The van der Waals surface area contributed by atoms with Crippen LogP contribution in [0.5, 0.6) is 5.75 Å². The van der Waals surface area contributed by atoms with Crippen LogP contribution in [0.15, 0.2) is 97.1 Å². The Morgan fingerprint density at radius 3 is 2.22 bits per heavy atom. The van der Waals surface area contributed by atoms with Crippen molar-refractivity contribution in [2.24, 2.45) is 5.92 Å². The number of β-lactam (4-membered cyclic amide) rings is 1. The smallest absolute Gasteiger partial charge is 0.233 e. The fourth-order valence-electron chi connectivity index (χ4n) is 6.59. The van der Waals surface area contributed by atoms with Gasteiger partial charge in [0.25, 0.3) is 0 Å². The molecule has 6 N–H and O–H groups in total. The molecule has 2 heterocycles. The van der Waals surface area contributed by atoms with Gasteiger partial charge in [0, 0.05) is 11.3 Å². The van der Waals surface area contributed by atoms with Gasteiger partial charge in [0.1, 0.15) is 42.1 Å². The Morgan fingerprint density at radius 1 is 0.826 bits per heavy atom. The lowest BCUT2D eigenvalue weighted by Gasteiger charge is -2.48. The van der Waals surface area contributed by atoms with E-state index in [0.717, 1.165) is 5.56 Å². The Balaban J connectivity index is 1.32. The fourth-order valence-corrected chi connectivity index (χ4v) is 6.59. The molecule has 0 aromatic heterocycles. The third kappa shape index (κ3) is 5.91. The first-order valence-electron chi connectivity index (χ1n) is 15.2. The van der Waals surface area contributed by atoms with Gasteiger partial charge in [0.2, 0.25) is 5.91 Å². The van der Waals surface area contributed by atoms with Gasteiger partial charge in [0.05, 0.1) is 24.7 Å². The zero-order chi connectivity index (χ0) is 32.5. The maximum absolute atomic E-state index is 13.7.